The van der Waals surface area contributed by atoms with Gasteiger partial charge >= 0.3 is 0 Å². The Morgan fingerprint density at radius 3 is 2.93 bits per heavy atom. The fourth-order valence-electron chi connectivity index (χ4n) is 1.47. The second kappa shape index (κ2) is 6.64. The summed E-state index contributed by atoms with van der Waals surface area (Å²) >= 11 is 0. The molecule has 1 heterocycles. The number of hydrogen-bond acceptors (Lipinski definition) is 2. The van der Waals surface area contributed by atoms with E-state index in [2.05, 4.69) is 42.2 Å². The van der Waals surface area contributed by atoms with E-state index in [1.54, 1.807) is 0 Å². The van der Waals surface area contributed by atoms with E-state index < -0.39 is 0 Å². The molecule has 0 aliphatic heterocycles. The van der Waals surface area contributed by atoms with Crippen LogP contribution in [0.2, 0.25) is 0 Å². The lowest BCUT2D eigenvalue weighted by Gasteiger charge is -2.11. The lowest BCUT2D eigenvalue weighted by atomic mass is 10.2. The van der Waals surface area contributed by atoms with E-state index >= 15 is 0 Å². The quantitative estimate of drug-likeness (QED) is 0.748. The van der Waals surface area contributed by atoms with Crippen LogP contribution in [0.1, 0.15) is 38.8 Å². The average molecular weight is 210 g/mol. The minimum atomic E-state index is 0.424. The van der Waals surface area contributed by atoms with Crippen molar-refractivity contribution >= 4 is 0 Å². The zero-order valence-corrected chi connectivity index (χ0v) is 9.99. The van der Waals surface area contributed by atoms with Gasteiger partial charge in [0.15, 0.2) is 0 Å². The first kappa shape index (κ1) is 12.3. The van der Waals surface area contributed by atoms with Crippen LogP contribution < -0.4 is 5.32 Å². The highest BCUT2D eigenvalue weighted by Gasteiger charge is 2.05. The lowest BCUT2D eigenvalue weighted by Crippen LogP contribution is -2.18. The van der Waals surface area contributed by atoms with Crippen LogP contribution in [-0.4, -0.2) is 17.7 Å². The van der Waals surface area contributed by atoms with Gasteiger partial charge in [0.05, 0.1) is 0 Å². The normalized spacial score (nSPS) is 13.0. The maximum Gasteiger partial charge on any atom is 0.122 e. The van der Waals surface area contributed by atoms with Gasteiger partial charge in [-0.05, 0) is 38.4 Å². The van der Waals surface area contributed by atoms with Crippen LogP contribution in [0.3, 0.4) is 0 Å². The van der Waals surface area contributed by atoms with Crippen LogP contribution in [0.15, 0.2) is 18.5 Å². The van der Waals surface area contributed by atoms with Gasteiger partial charge in [-0.1, -0.05) is 6.92 Å². The Morgan fingerprint density at radius 2 is 2.27 bits per heavy atom. The molecule has 1 aromatic rings. The van der Waals surface area contributed by atoms with Crippen molar-refractivity contribution in [2.24, 2.45) is 0 Å². The molecule has 0 amide bonds. The summed E-state index contributed by atoms with van der Waals surface area (Å²) in [6.07, 6.45) is 5.38. The molecule has 1 unspecified atom stereocenters. The molecule has 0 fully saturated rings. The molecule has 0 saturated heterocycles. The summed E-state index contributed by atoms with van der Waals surface area (Å²) < 4.78 is 7.41. The highest BCUT2D eigenvalue weighted by Crippen LogP contribution is 2.12. The summed E-state index contributed by atoms with van der Waals surface area (Å²) in [6.45, 7) is 8.86. The van der Waals surface area contributed by atoms with E-state index in [0.29, 0.717) is 12.8 Å². The van der Waals surface area contributed by atoms with Gasteiger partial charge < -0.3 is 14.6 Å². The number of hydrogen-bond donors (Lipinski definition) is 1. The molecule has 0 saturated carbocycles. The van der Waals surface area contributed by atoms with Crippen LogP contribution in [0.25, 0.3) is 0 Å². The highest BCUT2D eigenvalue weighted by molar-refractivity contribution is 5.14. The molecule has 0 spiro atoms. The van der Waals surface area contributed by atoms with Crippen molar-refractivity contribution in [3.05, 3.63) is 24.0 Å². The van der Waals surface area contributed by atoms with Crippen LogP contribution in [0.5, 0.6) is 0 Å². The molecule has 0 radical (unpaired) electrons. The van der Waals surface area contributed by atoms with E-state index in [0.717, 1.165) is 13.2 Å². The summed E-state index contributed by atoms with van der Waals surface area (Å²) in [6, 6.07) is 2.57. The molecule has 3 heteroatoms. The molecule has 0 bridgehead atoms. The summed E-state index contributed by atoms with van der Waals surface area (Å²) in [5, 5.41) is 3.46. The summed E-state index contributed by atoms with van der Waals surface area (Å²) in [5.41, 5.74) is 1.32. The van der Waals surface area contributed by atoms with Gasteiger partial charge in [-0.2, -0.15) is 0 Å². The number of rotatable bonds is 7. The van der Waals surface area contributed by atoms with Gasteiger partial charge in [-0.3, -0.25) is 0 Å². The van der Waals surface area contributed by atoms with E-state index in [1.165, 1.54) is 12.0 Å². The van der Waals surface area contributed by atoms with Gasteiger partial charge in [-0.15, -0.1) is 0 Å². The van der Waals surface area contributed by atoms with E-state index in [4.69, 9.17) is 4.74 Å². The topological polar surface area (TPSA) is 26.2 Å². The molecule has 1 rings (SSSR count). The number of aromatic nitrogens is 1. The van der Waals surface area contributed by atoms with Gasteiger partial charge in [0.2, 0.25) is 0 Å². The molecule has 3 nitrogen and oxygen atoms in total. The predicted octanol–water partition coefficient (Wildman–Crippen LogP) is 2.54. The smallest absolute Gasteiger partial charge is 0.122 e. The van der Waals surface area contributed by atoms with Crippen LogP contribution in [0.4, 0.5) is 0 Å². The van der Waals surface area contributed by atoms with Crippen molar-refractivity contribution in [1.82, 2.24) is 9.88 Å². The van der Waals surface area contributed by atoms with E-state index in [-0.39, 0.29) is 0 Å². The lowest BCUT2D eigenvalue weighted by molar-refractivity contribution is 0.0880. The molecule has 1 atom stereocenters. The van der Waals surface area contributed by atoms with E-state index in [1.807, 2.05) is 6.92 Å². The Labute approximate surface area is 92.4 Å². The third-order valence-corrected chi connectivity index (χ3v) is 2.42. The van der Waals surface area contributed by atoms with Crippen LogP contribution in [-0.2, 0) is 11.5 Å². The van der Waals surface area contributed by atoms with Crippen molar-refractivity contribution in [2.75, 3.05) is 13.2 Å². The fourth-order valence-corrected chi connectivity index (χ4v) is 1.47. The minimum Gasteiger partial charge on any atom is -0.361 e. The summed E-state index contributed by atoms with van der Waals surface area (Å²) in [4.78, 5) is 0. The van der Waals surface area contributed by atoms with Crippen LogP contribution in [0, 0.1) is 0 Å². The van der Waals surface area contributed by atoms with Gasteiger partial charge in [0.25, 0.3) is 0 Å². The van der Waals surface area contributed by atoms with Gasteiger partial charge in [0, 0.05) is 25.0 Å². The first-order chi connectivity index (χ1) is 7.27. The standard InChI is InChI=1S/C12H22N2O/c1-4-7-13-11(3)12-6-8-14(9-12)10-15-5-2/h6,8-9,11,13H,4-5,7,10H2,1-3H3. The van der Waals surface area contributed by atoms with Gasteiger partial charge in [-0.25, -0.2) is 0 Å². The minimum absolute atomic E-state index is 0.424. The Kier molecular flexibility index (Phi) is 5.43. The maximum atomic E-state index is 5.34. The number of ether oxygens (including phenoxy) is 1. The number of nitrogens with zero attached hydrogens (tertiary/aromatic N) is 1. The zero-order valence-electron chi connectivity index (χ0n) is 9.99. The highest BCUT2D eigenvalue weighted by atomic mass is 16.5. The molecule has 0 aliphatic rings. The second-order valence-corrected chi connectivity index (χ2v) is 3.76. The molecular formula is C12H22N2O. The Hall–Kier alpha value is -0.800. The molecular weight excluding hydrogens is 188 g/mol. The SMILES string of the molecule is CCCNC(C)c1ccn(COCC)c1. The van der Waals surface area contributed by atoms with Crippen molar-refractivity contribution in [2.45, 2.75) is 40.0 Å². The summed E-state index contributed by atoms with van der Waals surface area (Å²) in [7, 11) is 0. The molecule has 1 N–H and O–H groups in total. The monoisotopic (exact) mass is 210 g/mol. The largest absolute Gasteiger partial charge is 0.361 e. The Bertz CT molecular complexity index is 270. The third kappa shape index (κ3) is 4.06. The summed E-state index contributed by atoms with van der Waals surface area (Å²) in [5.74, 6) is 0. The molecule has 86 valence electrons. The third-order valence-electron chi connectivity index (χ3n) is 2.42. The Morgan fingerprint density at radius 1 is 1.47 bits per heavy atom. The van der Waals surface area contributed by atoms with Crippen molar-refractivity contribution in [3.63, 3.8) is 0 Å². The molecule has 15 heavy (non-hydrogen) atoms. The van der Waals surface area contributed by atoms with Crippen molar-refractivity contribution < 1.29 is 4.74 Å². The molecule has 1 aromatic heterocycles. The Balaban J connectivity index is 2.43. The first-order valence-corrected chi connectivity index (χ1v) is 5.74. The van der Waals surface area contributed by atoms with Crippen molar-refractivity contribution in [1.29, 1.82) is 0 Å². The zero-order chi connectivity index (χ0) is 11.1. The first-order valence-electron chi connectivity index (χ1n) is 5.74. The average Bonchev–Trinajstić information content (AvgIpc) is 2.71. The predicted molar refractivity (Wildman–Crippen MR) is 62.8 cm³/mol. The van der Waals surface area contributed by atoms with Crippen molar-refractivity contribution in [3.8, 4) is 0 Å². The number of nitrogens with one attached hydrogen (secondary N) is 1. The maximum absolute atomic E-state index is 5.34. The second-order valence-electron chi connectivity index (χ2n) is 3.76. The van der Waals surface area contributed by atoms with Crippen LogP contribution >= 0.6 is 0 Å². The van der Waals surface area contributed by atoms with Gasteiger partial charge in [0.1, 0.15) is 6.73 Å². The molecule has 0 aromatic carbocycles. The molecule has 0 aliphatic carbocycles. The van der Waals surface area contributed by atoms with E-state index in [9.17, 15) is 0 Å². The fraction of sp³-hybridized carbons (Fsp3) is 0.667.